The second-order valence-electron chi connectivity index (χ2n) is 7.28. The number of aromatic amines is 1. The average molecular weight is 360 g/mol. The predicted octanol–water partition coefficient (Wildman–Crippen LogP) is 4.11. The number of H-pyrrole nitrogens is 1. The summed E-state index contributed by atoms with van der Waals surface area (Å²) >= 11 is 0. The van der Waals surface area contributed by atoms with Gasteiger partial charge in [0.25, 0.3) is 5.91 Å². The number of nitrogens with zero attached hydrogens (tertiary/aromatic N) is 3. The first kappa shape index (κ1) is 17.5. The molecule has 0 aliphatic carbocycles. The van der Waals surface area contributed by atoms with E-state index in [9.17, 15) is 4.79 Å². The van der Waals surface area contributed by atoms with Crippen LogP contribution in [0.25, 0.3) is 11.1 Å². The number of amides is 1. The number of nitrogens with one attached hydrogen (secondary N) is 1. The number of aromatic nitrogens is 3. The number of hydrogen-bond donors (Lipinski definition) is 1. The molecule has 1 fully saturated rings. The van der Waals surface area contributed by atoms with E-state index in [0.717, 1.165) is 47.7 Å². The topological polar surface area (TPSA) is 61.9 Å². The summed E-state index contributed by atoms with van der Waals surface area (Å²) in [6.45, 7) is 5.42. The number of carbonyl (C=O) groups excluding carboxylic acids is 1. The monoisotopic (exact) mass is 360 g/mol. The second kappa shape index (κ2) is 7.35. The lowest BCUT2D eigenvalue weighted by molar-refractivity contribution is 0.0705. The van der Waals surface area contributed by atoms with Crippen LogP contribution in [0.1, 0.15) is 46.3 Å². The van der Waals surface area contributed by atoms with Crippen molar-refractivity contribution in [2.24, 2.45) is 0 Å². The summed E-state index contributed by atoms with van der Waals surface area (Å²) in [6, 6.07) is 16.2. The summed E-state index contributed by atoms with van der Waals surface area (Å²) in [7, 11) is 0. The van der Waals surface area contributed by atoms with Crippen LogP contribution >= 0.6 is 0 Å². The van der Waals surface area contributed by atoms with Crippen LogP contribution < -0.4 is 0 Å². The molecule has 0 bridgehead atoms. The van der Waals surface area contributed by atoms with Crippen molar-refractivity contribution in [3.63, 3.8) is 0 Å². The third kappa shape index (κ3) is 3.63. The van der Waals surface area contributed by atoms with Gasteiger partial charge >= 0.3 is 0 Å². The number of hydrogen-bond acceptors (Lipinski definition) is 3. The van der Waals surface area contributed by atoms with E-state index in [0.29, 0.717) is 6.54 Å². The van der Waals surface area contributed by atoms with Crippen molar-refractivity contribution in [1.29, 1.82) is 0 Å². The van der Waals surface area contributed by atoms with Crippen molar-refractivity contribution in [2.75, 3.05) is 13.1 Å². The van der Waals surface area contributed by atoms with Gasteiger partial charge in [-0.25, -0.2) is 4.98 Å². The summed E-state index contributed by atoms with van der Waals surface area (Å²) in [5, 5.41) is 7.22. The van der Waals surface area contributed by atoms with Crippen molar-refractivity contribution < 1.29 is 4.79 Å². The van der Waals surface area contributed by atoms with Crippen molar-refractivity contribution in [3.05, 3.63) is 71.3 Å². The Hall–Kier alpha value is -2.95. The van der Waals surface area contributed by atoms with Gasteiger partial charge in [0.15, 0.2) is 5.82 Å². The summed E-state index contributed by atoms with van der Waals surface area (Å²) < 4.78 is 0. The predicted molar refractivity (Wildman–Crippen MR) is 106 cm³/mol. The highest BCUT2D eigenvalue weighted by molar-refractivity contribution is 6.01. The molecule has 4 rings (SSSR count). The van der Waals surface area contributed by atoms with Crippen molar-refractivity contribution in [3.8, 4) is 11.1 Å². The first-order chi connectivity index (χ1) is 13.1. The molecule has 1 amide bonds. The quantitative estimate of drug-likeness (QED) is 0.765. The van der Waals surface area contributed by atoms with Gasteiger partial charge in [0, 0.05) is 24.6 Å². The zero-order valence-electron chi connectivity index (χ0n) is 15.8. The van der Waals surface area contributed by atoms with E-state index in [1.165, 1.54) is 5.56 Å². The molecule has 3 aromatic rings. The van der Waals surface area contributed by atoms with Crippen molar-refractivity contribution in [1.82, 2.24) is 20.1 Å². The maximum Gasteiger partial charge on any atom is 0.254 e. The Bertz CT molecular complexity index is 962. The standard InChI is InChI=1S/C22H24N4O/c1-15-7-5-8-17(13-15)19-10-3-4-11-20(19)22(27)26-12-6-9-18(14-26)21-23-16(2)24-25-21/h3-5,7-8,10-11,13,18H,6,9,12,14H2,1-2H3,(H,23,24,25)/t18-/m1/s1. The Morgan fingerprint density at radius 2 is 2.00 bits per heavy atom. The number of rotatable bonds is 3. The minimum absolute atomic E-state index is 0.0871. The zero-order valence-corrected chi connectivity index (χ0v) is 15.8. The third-order valence-corrected chi connectivity index (χ3v) is 5.17. The fourth-order valence-corrected chi connectivity index (χ4v) is 3.82. The fourth-order valence-electron chi connectivity index (χ4n) is 3.82. The van der Waals surface area contributed by atoms with E-state index in [4.69, 9.17) is 0 Å². The zero-order chi connectivity index (χ0) is 18.8. The normalized spacial score (nSPS) is 17.1. The highest BCUT2D eigenvalue weighted by Crippen LogP contribution is 2.29. The Labute approximate surface area is 159 Å². The van der Waals surface area contributed by atoms with Crippen LogP contribution in [0.3, 0.4) is 0 Å². The number of carbonyl (C=O) groups is 1. The Morgan fingerprint density at radius 1 is 1.15 bits per heavy atom. The SMILES string of the molecule is Cc1cccc(-c2ccccc2C(=O)N2CCC[C@@H](c3n[nH]c(C)n3)C2)c1. The Kier molecular flexibility index (Phi) is 4.75. The molecule has 1 N–H and O–H groups in total. The van der Waals surface area contributed by atoms with Crippen LogP contribution in [0.2, 0.25) is 0 Å². The first-order valence-electron chi connectivity index (χ1n) is 9.46. The summed E-state index contributed by atoms with van der Waals surface area (Å²) in [6.07, 6.45) is 1.98. The van der Waals surface area contributed by atoms with Gasteiger partial charge in [0.1, 0.15) is 5.82 Å². The molecule has 27 heavy (non-hydrogen) atoms. The molecule has 0 unspecified atom stereocenters. The van der Waals surface area contributed by atoms with Gasteiger partial charge in [0.2, 0.25) is 0 Å². The van der Waals surface area contributed by atoms with Crippen LogP contribution in [-0.2, 0) is 0 Å². The summed E-state index contributed by atoms with van der Waals surface area (Å²) in [5.41, 5.74) is 4.02. The lowest BCUT2D eigenvalue weighted by Crippen LogP contribution is -2.39. The molecule has 5 heteroatoms. The molecule has 0 radical (unpaired) electrons. The Balaban J connectivity index is 1.61. The number of likely N-dealkylation sites (tertiary alicyclic amines) is 1. The van der Waals surface area contributed by atoms with Crippen LogP contribution in [0.4, 0.5) is 0 Å². The first-order valence-corrected chi connectivity index (χ1v) is 9.46. The molecule has 1 aromatic heterocycles. The van der Waals surface area contributed by atoms with E-state index in [1.807, 2.05) is 42.2 Å². The molecular formula is C22H24N4O. The molecule has 5 nitrogen and oxygen atoms in total. The molecule has 138 valence electrons. The summed E-state index contributed by atoms with van der Waals surface area (Å²) in [4.78, 5) is 19.8. The lowest BCUT2D eigenvalue weighted by Gasteiger charge is -2.32. The van der Waals surface area contributed by atoms with Gasteiger partial charge < -0.3 is 4.90 Å². The molecular weight excluding hydrogens is 336 g/mol. The van der Waals surface area contributed by atoms with E-state index in [2.05, 4.69) is 40.3 Å². The van der Waals surface area contributed by atoms with E-state index in [-0.39, 0.29) is 11.8 Å². The smallest absolute Gasteiger partial charge is 0.254 e. The van der Waals surface area contributed by atoms with Gasteiger partial charge in [-0.15, -0.1) is 0 Å². The molecule has 1 atom stereocenters. The third-order valence-electron chi connectivity index (χ3n) is 5.17. The largest absolute Gasteiger partial charge is 0.338 e. The number of benzene rings is 2. The number of aryl methyl sites for hydroxylation is 2. The van der Waals surface area contributed by atoms with Gasteiger partial charge in [-0.2, -0.15) is 5.10 Å². The molecule has 0 saturated carbocycles. The lowest BCUT2D eigenvalue weighted by atomic mass is 9.94. The van der Waals surface area contributed by atoms with E-state index < -0.39 is 0 Å². The summed E-state index contributed by atoms with van der Waals surface area (Å²) in [5.74, 6) is 1.91. The molecule has 2 aromatic carbocycles. The van der Waals surface area contributed by atoms with Crippen LogP contribution in [0.5, 0.6) is 0 Å². The average Bonchev–Trinajstić information content (AvgIpc) is 3.14. The number of piperidine rings is 1. The van der Waals surface area contributed by atoms with Crippen LogP contribution in [0, 0.1) is 13.8 Å². The molecule has 1 aliphatic rings. The maximum absolute atomic E-state index is 13.3. The molecule has 0 spiro atoms. The highest BCUT2D eigenvalue weighted by Gasteiger charge is 2.28. The molecule has 2 heterocycles. The fraction of sp³-hybridized carbons (Fsp3) is 0.318. The molecule has 1 aliphatic heterocycles. The molecule has 1 saturated heterocycles. The van der Waals surface area contributed by atoms with E-state index in [1.54, 1.807) is 0 Å². The van der Waals surface area contributed by atoms with Crippen LogP contribution in [-0.4, -0.2) is 39.1 Å². The second-order valence-corrected chi connectivity index (χ2v) is 7.28. The van der Waals surface area contributed by atoms with Crippen molar-refractivity contribution >= 4 is 5.91 Å². The van der Waals surface area contributed by atoms with E-state index >= 15 is 0 Å². The van der Waals surface area contributed by atoms with Gasteiger partial charge in [-0.05, 0) is 43.9 Å². The Morgan fingerprint density at radius 3 is 2.78 bits per heavy atom. The van der Waals surface area contributed by atoms with Gasteiger partial charge in [0.05, 0.1) is 0 Å². The van der Waals surface area contributed by atoms with Gasteiger partial charge in [-0.1, -0.05) is 48.0 Å². The highest BCUT2D eigenvalue weighted by atomic mass is 16.2. The maximum atomic E-state index is 13.3. The van der Waals surface area contributed by atoms with Crippen LogP contribution in [0.15, 0.2) is 48.5 Å². The van der Waals surface area contributed by atoms with Gasteiger partial charge in [-0.3, -0.25) is 9.89 Å². The minimum Gasteiger partial charge on any atom is -0.338 e. The van der Waals surface area contributed by atoms with Crippen molar-refractivity contribution in [2.45, 2.75) is 32.6 Å². The minimum atomic E-state index is 0.0871.